The standard InChI is InChI=1S/C39H30N5O2.Pt/c1-38(2)28-15-10-14-26-25-21-20-24(46-32-19-11-18-31(41-32)43-30-17-9-8-16-29(30)40-37(43)45)22-27(25)36-42-33(23-12-6-5-7-13-23)35(39(38,3)4)44(36)34(26)28;/h5-21H,1-4H3,(H,40,45);/q-1;. The number of hydrogen-bond donors (Lipinski definition) is 1. The molecule has 0 saturated heterocycles. The molecule has 0 spiro atoms. The van der Waals surface area contributed by atoms with Crippen molar-refractivity contribution in [2.45, 2.75) is 38.5 Å². The minimum absolute atomic E-state index is 0. The summed E-state index contributed by atoms with van der Waals surface area (Å²) in [6.45, 7) is 9.36. The smallest absolute Gasteiger partial charge is 0.300 e. The Bertz CT molecular complexity index is 2530. The number of fused-ring (bicyclic) bond motifs is 4. The number of hydrogen-bond acceptors (Lipinski definition) is 5. The second-order valence-corrected chi connectivity index (χ2v) is 13.1. The second kappa shape index (κ2) is 10.2. The zero-order valence-corrected chi connectivity index (χ0v) is 28.5. The van der Waals surface area contributed by atoms with E-state index >= 15 is 0 Å². The van der Waals surface area contributed by atoms with E-state index < -0.39 is 0 Å². The number of aromatic hydroxyl groups is 1. The molecule has 9 rings (SSSR count). The zero-order chi connectivity index (χ0) is 31.4. The maximum Gasteiger partial charge on any atom is 0.300 e. The minimum Gasteiger partial charge on any atom is -0.480 e. The van der Waals surface area contributed by atoms with E-state index in [2.05, 4.69) is 91.7 Å². The zero-order valence-electron chi connectivity index (χ0n) is 26.2. The summed E-state index contributed by atoms with van der Waals surface area (Å²) in [5.74, 6) is 1.40. The Balaban J connectivity index is 0.00000324. The van der Waals surface area contributed by atoms with Crippen LogP contribution in [0.5, 0.6) is 17.6 Å². The van der Waals surface area contributed by atoms with Crippen molar-refractivity contribution in [3.63, 3.8) is 0 Å². The van der Waals surface area contributed by atoms with Gasteiger partial charge in [-0.3, -0.25) is 4.98 Å². The van der Waals surface area contributed by atoms with Crippen molar-refractivity contribution in [3.8, 4) is 34.7 Å². The van der Waals surface area contributed by atoms with Gasteiger partial charge in [0.05, 0.1) is 22.4 Å². The van der Waals surface area contributed by atoms with E-state index in [9.17, 15) is 5.11 Å². The molecule has 8 aromatic rings. The maximum atomic E-state index is 10.6. The summed E-state index contributed by atoms with van der Waals surface area (Å²) in [7, 11) is 0. The van der Waals surface area contributed by atoms with Crippen LogP contribution in [0.1, 0.15) is 39.0 Å². The molecule has 8 heteroatoms. The van der Waals surface area contributed by atoms with Crippen molar-refractivity contribution >= 4 is 38.4 Å². The van der Waals surface area contributed by atoms with E-state index in [0.717, 1.165) is 38.6 Å². The van der Waals surface area contributed by atoms with Crippen LogP contribution >= 0.6 is 0 Å². The number of aromatic nitrogens is 5. The second-order valence-electron chi connectivity index (χ2n) is 13.1. The van der Waals surface area contributed by atoms with E-state index in [0.29, 0.717) is 23.0 Å². The summed E-state index contributed by atoms with van der Waals surface area (Å²) in [5, 5.41) is 13.7. The monoisotopic (exact) mass is 795 g/mol. The molecule has 7 nitrogen and oxygen atoms in total. The van der Waals surface area contributed by atoms with Gasteiger partial charge >= 0.3 is 6.01 Å². The van der Waals surface area contributed by atoms with Crippen LogP contribution in [0.2, 0.25) is 0 Å². The molecule has 0 amide bonds. The van der Waals surface area contributed by atoms with E-state index in [1.807, 2.05) is 48.5 Å². The predicted octanol–water partition coefficient (Wildman–Crippen LogP) is 8.91. The third-order valence-corrected chi connectivity index (χ3v) is 10.1. The van der Waals surface area contributed by atoms with Gasteiger partial charge in [0.2, 0.25) is 5.88 Å². The molecule has 1 N–H and O–H groups in total. The average Bonchev–Trinajstić information content (AvgIpc) is 3.63. The van der Waals surface area contributed by atoms with Crippen LogP contribution in [-0.4, -0.2) is 29.0 Å². The fraction of sp³-hybridized carbons (Fsp3) is 0.154. The topological polar surface area (TPSA) is 77.5 Å². The number of ether oxygens (including phenoxy) is 1. The van der Waals surface area contributed by atoms with Crippen LogP contribution in [0.4, 0.5) is 0 Å². The molecule has 1 aliphatic heterocycles. The predicted molar refractivity (Wildman–Crippen MR) is 181 cm³/mol. The van der Waals surface area contributed by atoms with Crippen LogP contribution in [0.3, 0.4) is 0 Å². The SMILES string of the molecule is CC1(C)c2cccc3c4ccc(Oc5cccc(-n6c(O)nc7ccccc76)n5)[c-]c4c4nc(-c5ccccc5)c(n4c23)C1(C)C.[Pt]. The Morgan fingerprint density at radius 3 is 2.32 bits per heavy atom. The molecular weight excluding hydrogens is 766 g/mol. The third kappa shape index (κ3) is 4.06. The van der Waals surface area contributed by atoms with Gasteiger partial charge in [-0.15, -0.1) is 6.07 Å². The van der Waals surface area contributed by atoms with Crippen molar-refractivity contribution in [2.24, 2.45) is 0 Å². The first kappa shape index (κ1) is 29.4. The molecule has 0 saturated carbocycles. The summed E-state index contributed by atoms with van der Waals surface area (Å²) in [6, 6.07) is 37.6. The molecule has 5 heterocycles. The number of benzene rings is 4. The van der Waals surface area contributed by atoms with Gasteiger partial charge in [0.1, 0.15) is 5.82 Å². The molecule has 0 unspecified atom stereocenters. The molecule has 1 aliphatic rings. The van der Waals surface area contributed by atoms with Crippen molar-refractivity contribution in [1.82, 2.24) is 23.9 Å². The number of imidazole rings is 2. The Hall–Kier alpha value is -5.00. The fourth-order valence-corrected chi connectivity index (χ4v) is 7.19. The molecule has 0 radical (unpaired) electrons. The van der Waals surface area contributed by atoms with Gasteiger partial charge in [-0.2, -0.15) is 9.97 Å². The minimum atomic E-state index is -0.228. The summed E-state index contributed by atoms with van der Waals surface area (Å²) in [4.78, 5) is 14.4. The molecule has 234 valence electrons. The number of rotatable bonds is 4. The summed E-state index contributed by atoms with van der Waals surface area (Å²) in [6.07, 6.45) is 0. The van der Waals surface area contributed by atoms with Crippen molar-refractivity contribution in [1.29, 1.82) is 0 Å². The van der Waals surface area contributed by atoms with Crippen LogP contribution in [0.25, 0.3) is 55.4 Å². The van der Waals surface area contributed by atoms with E-state index in [1.165, 1.54) is 16.8 Å². The molecule has 0 aliphatic carbocycles. The van der Waals surface area contributed by atoms with Crippen LogP contribution in [0.15, 0.2) is 103 Å². The van der Waals surface area contributed by atoms with Crippen molar-refractivity contribution < 1.29 is 30.9 Å². The first-order valence-electron chi connectivity index (χ1n) is 15.5. The van der Waals surface area contributed by atoms with Gasteiger partial charge in [0.15, 0.2) is 0 Å². The summed E-state index contributed by atoms with van der Waals surface area (Å²) < 4.78 is 10.3. The Morgan fingerprint density at radius 1 is 0.723 bits per heavy atom. The normalized spacial score (nSPS) is 14.6. The quantitative estimate of drug-likeness (QED) is 0.142. The van der Waals surface area contributed by atoms with Crippen LogP contribution < -0.4 is 4.74 Å². The first-order chi connectivity index (χ1) is 22.2. The molecule has 0 bridgehead atoms. The number of nitrogens with zero attached hydrogens (tertiary/aromatic N) is 5. The largest absolute Gasteiger partial charge is 0.480 e. The number of pyridine rings is 2. The molecule has 0 fully saturated rings. The van der Waals surface area contributed by atoms with Gasteiger partial charge in [-0.25, -0.2) is 4.57 Å². The van der Waals surface area contributed by atoms with Gasteiger partial charge in [-0.1, -0.05) is 117 Å². The fourth-order valence-electron chi connectivity index (χ4n) is 7.19. The number of para-hydroxylation sites is 3. The molecular formula is C39H30N5O2Pt-. The Kier molecular flexibility index (Phi) is 6.41. The Morgan fingerprint density at radius 2 is 1.49 bits per heavy atom. The van der Waals surface area contributed by atoms with Gasteiger partial charge in [0, 0.05) is 60.5 Å². The van der Waals surface area contributed by atoms with Gasteiger partial charge < -0.3 is 14.2 Å². The van der Waals surface area contributed by atoms with Gasteiger partial charge in [-0.05, 0) is 29.1 Å². The summed E-state index contributed by atoms with van der Waals surface area (Å²) in [5.41, 5.74) is 7.71. The van der Waals surface area contributed by atoms with E-state index in [-0.39, 0.29) is 37.9 Å². The molecule has 4 aromatic heterocycles. The first-order valence-corrected chi connectivity index (χ1v) is 15.5. The van der Waals surface area contributed by atoms with Crippen molar-refractivity contribution in [3.05, 3.63) is 120 Å². The van der Waals surface area contributed by atoms with Crippen LogP contribution in [-0.2, 0) is 31.9 Å². The Labute approximate surface area is 285 Å². The maximum absolute atomic E-state index is 10.6. The molecule has 47 heavy (non-hydrogen) atoms. The van der Waals surface area contributed by atoms with E-state index in [1.54, 1.807) is 10.6 Å². The average molecular weight is 796 g/mol. The van der Waals surface area contributed by atoms with Crippen LogP contribution in [0, 0.1) is 6.07 Å². The molecule has 4 aromatic carbocycles. The molecule has 0 atom stereocenters. The van der Waals surface area contributed by atoms with Gasteiger partial charge in [0.25, 0.3) is 0 Å². The van der Waals surface area contributed by atoms with Crippen molar-refractivity contribution in [2.75, 3.05) is 0 Å². The van der Waals surface area contributed by atoms with E-state index in [4.69, 9.17) is 14.7 Å². The third-order valence-electron chi connectivity index (χ3n) is 10.1. The summed E-state index contributed by atoms with van der Waals surface area (Å²) >= 11 is 0.